The number of hydrogen-bond donors (Lipinski definition) is 0. The Balaban J connectivity index is 1.90. The van der Waals surface area contributed by atoms with E-state index in [1.165, 1.54) is 51.6 Å². The summed E-state index contributed by atoms with van der Waals surface area (Å²) < 4.78 is 0. The van der Waals surface area contributed by atoms with Crippen LogP contribution in [-0.4, -0.2) is 18.0 Å². The van der Waals surface area contributed by atoms with Crippen LogP contribution in [0.25, 0.3) is 0 Å². The van der Waals surface area contributed by atoms with Gasteiger partial charge < -0.3 is 4.90 Å². The molecule has 2 rings (SSSR count). The summed E-state index contributed by atoms with van der Waals surface area (Å²) in [5, 5.41) is 0. The van der Waals surface area contributed by atoms with E-state index in [1.54, 1.807) is 5.70 Å². The van der Waals surface area contributed by atoms with Gasteiger partial charge in [-0.05, 0) is 49.4 Å². The van der Waals surface area contributed by atoms with Gasteiger partial charge in [0.1, 0.15) is 0 Å². The molecule has 1 aliphatic heterocycles. The van der Waals surface area contributed by atoms with Crippen LogP contribution in [0.4, 0.5) is 0 Å². The summed E-state index contributed by atoms with van der Waals surface area (Å²) in [7, 11) is 0. The van der Waals surface area contributed by atoms with Gasteiger partial charge in [0.25, 0.3) is 0 Å². The lowest BCUT2D eigenvalue weighted by Gasteiger charge is -2.40. The van der Waals surface area contributed by atoms with E-state index in [0.717, 1.165) is 11.8 Å². The second-order valence-electron chi connectivity index (χ2n) is 7.18. The molecule has 0 aromatic heterocycles. The maximum atomic E-state index is 2.66. The minimum atomic E-state index is 0.526. The van der Waals surface area contributed by atoms with Gasteiger partial charge in [-0.3, -0.25) is 0 Å². The largest absolute Gasteiger partial charge is 0.375 e. The number of nitrogens with zero attached hydrogens (tertiary/aromatic N) is 1. The summed E-state index contributed by atoms with van der Waals surface area (Å²) in [5.74, 6) is 1.84. The van der Waals surface area contributed by atoms with Crippen LogP contribution in [0.2, 0.25) is 0 Å². The Labute approximate surface area is 114 Å². The molecule has 0 aromatic rings. The number of allylic oxidation sites excluding steroid dienone is 2. The molecule has 104 valence electrons. The van der Waals surface area contributed by atoms with Gasteiger partial charge in [0.15, 0.2) is 0 Å². The van der Waals surface area contributed by atoms with Gasteiger partial charge in [-0.25, -0.2) is 0 Å². The third-order valence-electron chi connectivity index (χ3n) is 5.59. The molecular weight excluding hydrogens is 218 g/mol. The molecule has 1 saturated heterocycles. The average Bonchev–Trinajstić information content (AvgIpc) is 2.40. The monoisotopic (exact) mass is 249 g/mol. The van der Waals surface area contributed by atoms with Crippen molar-refractivity contribution in [2.24, 2.45) is 17.3 Å². The predicted octanol–water partition coefficient (Wildman–Crippen LogP) is 4.84. The molecule has 0 aromatic carbocycles. The summed E-state index contributed by atoms with van der Waals surface area (Å²) >= 11 is 0. The summed E-state index contributed by atoms with van der Waals surface area (Å²) in [6, 6.07) is 0. The Bertz CT molecular complexity index is 295. The summed E-state index contributed by atoms with van der Waals surface area (Å²) in [6.07, 6.45) is 10.7. The van der Waals surface area contributed by atoms with Gasteiger partial charge in [0, 0.05) is 18.8 Å². The SMILES string of the molecule is CCC(C)(C)C1CC=C(N2CCC(C)CC2)CC1. The van der Waals surface area contributed by atoms with Gasteiger partial charge in [0.2, 0.25) is 0 Å². The third-order valence-corrected chi connectivity index (χ3v) is 5.59. The smallest absolute Gasteiger partial charge is 0.0177 e. The molecule has 1 fully saturated rings. The predicted molar refractivity (Wildman–Crippen MR) is 79.5 cm³/mol. The van der Waals surface area contributed by atoms with Crippen molar-refractivity contribution < 1.29 is 0 Å². The Morgan fingerprint density at radius 3 is 2.39 bits per heavy atom. The first-order valence-corrected chi connectivity index (χ1v) is 7.97. The molecule has 1 nitrogen and oxygen atoms in total. The van der Waals surface area contributed by atoms with Crippen LogP contribution in [0.1, 0.15) is 66.2 Å². The molecule has 0 radical (unpaired) electrons. The molecule has 18 heavy (non-hydrogen) atoms. The fraction of sp³-hybridized carbons (Fsp3) is 0.882. The van der Waals surface area contributed by atoms with E-state index in [2.05, 4.69) is 38.7 Å². The van der Waals surface area contributed by atoms with Crippen LogP contribution in [-0.2, 0) is 0 Å². The fourth-order valence-corrected chi connectivity index (χ4v) is 3.40. The van der Waals surface area contributed by atoms with Crippen molar-refractivity contribution in [1.82, 2.24) is 4.90 Å². The molecule has 0 spiro atoms. The molecule has 1 atom stereocenters. The molecule has 1 heterocycles. The maximum Gasteiger partial charge on any atom is 0.0177 e. The average molecular weight is 249 g/mol. The minimum Gasteiger partial charge on any atom is -0.375 e. The van der Waals surface area contributed by atoms with Crippen molar-refractivity contribution in [2.75, 3.05) is 13.1 Å². The first kappa shape index (κ1) is 14.0. The van der Waals surface area contributed by atoms with Crippen LogP contribution in [0.15, 0.2) is 11.8 Å². The van der Waals surface area contributed by atoms with Crippen molar-refractivity contribution in [3.63, 3.8) is 0 Å². The normalized spacial score (nSPS) is 27.2. The lowest BCUT2D eigenvalue weighted by atomic mass is 9.71. The van der Waals surface area contributed by atoms with E-state index in [4.69, 9.17) is 0 Å². The van der Waals surface area contributed by atoms with E-state index in [0.29, 0.717) is 5.41 Å². The number of likely N-dealkylation sites (tertiary alicyclic amines) is 1. The van der Waals surface area contributed by atoms with E-state index in [1.807, 2.05) is 0 Å². The van der Waals surface area contributed by atoms with Crippen LogP contribution in [0, 0.1) is 17.3 Å². The number of hydrogen-bond acceptors (Lipinski definition) is 1. The molecular formula is C17H31N. The van der Waals surface area contributed by atoms with Crippen molar-refractivity contribution in [3.05, 3.63) is 11.8 Å². The zero-order valence-corrected chi connectivity index (χ0v) is 12.8. The summed E-state index contributed by atoms with van der Waals surface area (Å²) in [5.41, 5.74) is 2.18. The van der Waals surface area contributed by atoms with Crippen molar-refractivity contribution in [2.45, 2.75) is 66.2 Å². The zero-order valence-electron chi connectivity index (χ0n) is 12.8. The number of rotatable bonds is 3. The lowest BCUT2D eigenvalue weighted by molar-refractivity contribution is 0.167. The molecule has 0 N–H and O–H groups in total. The maximum absolute atomic E-state index is 2.66. The van der Waals surface area contributed by atoms with E-state index in [-0.39, 0.29) is 0 Å². The Morgan fingerprint density at radius 1 is 1.22 bits per heavy atom. The number of piperidine rings is 1. The van der Waals surface area contributed by atoms with Gasteiger partial charge in [-0.15, -0.1) is 0 Å². The molecule has 2 aliphatic rings. The molecule has 1 aliphatic carbocycles. The van der Waals surface area contributed by atoms with Crippen LogP contribution in [0.5, 0.6) is 0 Å². The Hall–Kier alpha value is -0.460. The molecule has 0 bridgehead atoms. The molecule has 1 unspecified atom stereocenters. The lowest BCUT2D eigenvalue weighted by Crippen LogP contribution is -2.34. The van der Waals surface area contributed by atoms with E-state index >= 15 is 0 Å². The van der Waals surface area contributed by atoms with E-state index in [9.17, 15) is 0 Å². The van der Waals surface area contributed by atoms with Gasteiger partial charge >= 0.3 is 0 Å². The summed E-state index contributed by atoms with van der Waals surface area (Å²) in [6.45, 7) is 12.2. The second kappa shape index (κ2) is 5.67. The van der Waals surface area contributed by atoms with Gasteiger partial charge in [0.05, 0.1) is 0 Å². The van der Waals surface area contributed by atoms with Crippen LogP contribution < -0.4 is 0 Å². The van der Waals surface area contributed by atoms with Crippen LogP contribution in [0.3, 0.4) is 0 Å². The van der Waals surface area contributed by atoms with Gasteiger partial charge in [-0.1, -0.05) is 40.2 Å². The van der Waals surface area contributed by atoms with Gasteiger partial charge in [-0.2, -0.15) is 0 Å². The first-order valence-electron chi connectivity index (χ1n) is 7.97. The highest BCUT2D eigenvalue weighted by atomic mass is 15.1. The Kier molecular flexibility index (Phi) is 4.40. The summed E-state index contributed by atoms with van der Waals surface area (Å²) in [4.78, 5) is 2.66. The van der Waals surface area contributed by atoms with Crippen molar-refractivity contribution in [1.29, 1.82) is 0 Å². The molecule has 0 saturated carbocycles. The third kappa shape index (κ3) is 3.10. The topological polar surface area (TPSA) is 3.24 Å². The highest BCUT2D eigenvalue weighted by Crippen LogP contribution is 2.40. The quantitative estimate of drug-likeness (QED) is 0.692. The highest BCUT2D eigenvalue weighted by Gasteiger charge is 2.30. The Morgan fingerprint density at radius 2 is 1.89 bits per heavy atom. The zero-order chi connectivity index (χ0) is 13.2. The molecule has 0 amide bonds. The first-order chi connectivity index (χ1) is 8.53. The standard InChI is InChI=1S/C17H31N/c1-5-17(3,4)15-6-8-16(9-7-15)18-12-10-14(2)11-13-18/h8,14-15H,5-7,9-13H2,1-4H3. The van der Waals surface area contributed by atoms with Crippen molar-refractivity contribution in [3.8, 4) is 0 Å². The van der Waals surface area contributed by atoms with E-state index < -0.39 is 0 Å². The minimum absolute atomic E-state index is 0.526. The molecule has 1 heteroatoms. The van der Waals surface area contributed by atoms with Crippen LogP contribution >= 0.6 is 0 Å². The fourth-order valence-electron chi connectivity index (χ4n) is 3.40. The van der Waals surface area contributed by atoms with Crippen molar-refractivity contribution >= 4 is 0 Å². The second-order valence-corrected chi connectivity index (χ2v) is 7.18. The highest BCUT2D eigenvalue weighted by molar-refractivity contribution is 5.08.